The van der Waals surface area contributed by atoms with Crippen molar-refractivity contribution in [3.63, 3.8) is 0 Å². The van der Waals surface area contributed by atoms with Crippen LogP contribution in [0.25, 0.3) is 10.9 Å². The average molecular weight is 424 g/mol. The molecule has 1 aliphatic carbocycles. The van der Waals surface area contributed by atoms with Gasteiger partial charge in [0, 0.05) is 33.2 Å². The van der Waals surface area contributed by atoms with Gasteiger partial charge in [-0.15, -0.1) is 0 Å². The third kappa shape index (κ3) is 4.36. The molecule has 0 unspecified atom stereocenters. The Morgan fingerprint density at radius 2 is 1.93 bits per heavy atom. The number of carbonyl (C=O) groups is 1. The summed E-state index contributed by atoms with van der Waals surface area (Å²) in [4.78, 5) is 30.8. The molecule has 0 bridgehead atoms. The zero-order valence-corrected chi connectivity index (χ0v) is 18.1. The second-order valence-electron chi connectivity index (χ2n) is 8.17. The first-order valence-electron chi connectivity index (χ1n) is 10.4. The normalized spacial score (nSPS) is 14.2. The van der Waals surface area contributed by atoms with Crippen molar-refractivity contribution in [1.82, 2.24) is 9.88 Å². The van der Waals surface area contributed by atoms with Crippen LogP contribution in [0.3, 0.4) is 0 Å². The minimum atomic E-state index is -0.204. The molecule has 0 spiro atoms. The van der Waals surface area contributed by atoms with E-state index in [9.17, 15) is 9.59 Å². The van der Waals surface area contributed by atoms with Gasteiger partial charge in [-0.05, 0) is 68.1 Å². The molecule has 2 N–H and O–H groups in total. The molecule has 1 fully saturated rings. The lowest BCUT2D eigenvalue weighted by atomic mass is 10.0. The topological polar surface area (TPSA) is 65.2 Å². The minimum Gasteiger partial charge on any atom is -0.322 e. The molecule has 2 amide bonds. The van der Waals surface area contributed by atoms with Gasteiger partial charge >= 0.3 is 6.03 Å². The number of nitrogens with zero attached hydrogens (tertiary/aromatic N) is 1. The number of benzene rings is 2. The lowest BCUT2D eigenvalue weighted by Crippen LogP contribution is -2.42. The van der Waals surface area contributed by atoms with Crippen molar-refractivity contribution in [1.29, 1.82) is 0 Å². The Morgan fingerprint density at radius 1 is 1.17 bits per heavy atom. The summed E-state index contributed by atoms with van der Waals surface area (Å²) in [5.41, 5.74) is 4.15. The van der Waals surface area contributed by atoms with Crippen LogP contribution < -0.4 is 10.9 Å². The highest BCUT2D eigenvalue weighted by Crippen LogP contribution is 2.27. The first-order chi connectivity index (χ1) is 14.4. The number of rotatable bonds is 4. The van der Waals surface area contributed by atoms with E-state index < -0.39 is 0 Å². The Hall–Kier alpha value is -2.79. The number of pyridine rings is 1. The fourth-order valence-electron chi connectivity index (χ4n) is 4.36. The Balaban J connectivity index is 1.66. The summed E-state index contributed by atoms with van der Waals surface area (Å²) in [5.74, 6) is 0. The number of fused-ring (bicyclic) bond motifs is 1. The lowest BCUT2D eigenvalue weighted by molar-refractivity contribution is 0.184. The van der Waals surface area contributed by atoms with E-state index in [1.807, 2.05) is 32.0 Å². The molecule has 30 heavy (non-hydrogen) atoms. The molecule has 0 radical (unpaired) electrons. The molecular weight excluding hydrogens is 398 g/mol. The SMILES string of the molecule is Cc1cc(C)c2cc(CN(C(=O)Nc3cccc(Cl)c3)C3CCCC3)c(=O)[nH]c2c1. The molecule has 1 saturated carbocycles. The largest absolute Gasteiger partial charge is 0.322 e. The molecule has 0 saturated heterocycles. The molecule has 0 atom stereocenters. The molecule has 1 aliphatic rings. The second-order valence-corrected chi connectivity index (χ2v) is 8.61. The van der Waals surface area contributed by atoms with Gasteiger partial charge in [-0.25, -0.2) is 4.79 Å². The predicted molar refractivity (Wildman–Crippen MR) is 122 cm³/mol. The van der Waals surface area contributed by atoms with Crippen molar-refractivity contribution in [2.24, 2.45) is 0 Å². The van der Waals surface area contributed by atoms with Gasteiger partial charge in [0.1, 0.15) is 0 Å². The van der Waals surface area contributed by atoms with E-state index in [0.717, 1.165) is 47.7 Å². The van der Waals surface area contributed by atoms with Crippen molar-refractivity contribution in [3.8, 4) is 0 Å². The van der Waals surface area contributed by atoms with Gasteiger partial charge in [-0.2, -0.15) is 0 Å². The summed E-state index contributed by atoms with van der Waals surface area (Å²) < 4.78 is 0. The number of hydrogen-bond acceptors (Lipinski definition) is 2. The van der Waals surface area contributed by atoms with E-state index in [1.165, 1.54) is 0 Å². The molecule has 4 rings (SSSR count). The van der Waals surface area contributed by atoms with Gasteiger partial charge in [0.15, 0.2) is 0 Å². The van der Waals surface area contributed by atoms with E-state index in [4.69, 9.17) is 11.6 Å². The highest BCUT2D eigenvalue weighted by molar-refractivity contribution is 6.30. The summed E-state index contributed by atoms with van der Waals surface area (Å²) in [7, 11) is 0. The molecule has 1 aromatic heterocycles. The third-order valence-corrected chi connectivity index (χ3v) is 6.07. The number of anilines is 1. The number of aryl methyl sites for hydroxylation is 2. The van der Waals surface area contributed by atoms with E-state index in [0.29, 0.717) is 16.3 Å². The van der Waals surface area contributed by atoms with Crippen LogP contribution >= 0.6 is 11.6 Å². The standard InChI is InChI=1S/C24H26ClN3O2/c1-15-10-16(2)21-12-17(23(29)27-22(21)11-15)14-28(20-8-3-4-9-20)24(30)26-19-7-5-6-18(25)13-19/h5-7,10-13,20H,3-4,8-9,14H2,1-2H3,(H,26,30)(H,27,29). The number of nitrogens with one attached hydrogen (secondary N) is 2. The van der Waals surface area contributed by atoms with Gasteiger partial charge in [-0.3, -0.25) is 4.79 Å². The van der Waals surface area contributed by atoms with Gasteiger partial charge in [0.25, 0.3) is 5.56 Å². The molecule has 0 aliphatic heterocycles. The van der Waals surface area contributed by atoms with Crippen LogP contribution in [-0.4, -0.2) is 22.0 Å². The number of halogens is 1. The minimum absolute atomic E-state index is 0.124. The highest BCUT2D eigenvalue weighted by atomic mass is 35.5. The zero-order chi connectivity index (χ0) is 21.3. The third-order valence-electron chi connectivity index (χ3n) is 5.83. The van der Waals surface area contributed by atoms with Crippen molar-refractivity contribution in [2.75, 3.05) is 5.32 Å². The molecule has 6 heteroatoms. The number of H-pyrrole nitrogens is 1. The predicted octanol–water partition coefficient (Wildman–Crippen LogP) is 5.78. The summed E-state index contributed by atoms with van der Waals surface area (Å²) in [6.45, 7) is 4.33. The molecule has 5 nitrogen and oxygen atoms in total. The maximum absolute atomic E-state index is 13.2. The number of amides is 2. The van der Waals surface area contributed by atoms with E-state index in [1.54, 1.807) is 23.1 Å². The summed E-state index contributed by atoms with van der Waals surface area (Å²) in [6, 6.07) is 13.0. The smallest absolute Gasteiger partial charge is 0.322 e. The van der Waals surface area contributed by atoms with Crippen LogP contribution in [0, 0.1) is 13.8 Å². The van der Waals surface area contributed by atoms with Crippen LogP contribution in [0.2, 0.25) is 5.02 Å². The molecule has 156 valence electrons. The summed E-state index contributed by atoms with van der Waals surface area (Å²) in [5, 5.41) is 4.52. The Morgan fingerprint density at radius 3 is 2.67 bits per heavy atom. The van der Waals surface area contributed by atoms with Crippen LogP contribution in [0.4, 0.5) is 10.5 Å². The molecule has 2 aromatic carbocycles. The van der Waals surface area contributed by atoms with E-state index in [-0.39, 0.29) is 24.2 Å². The van der Waals surface area contributed by atoms with Crippen molar-refractivity contribution < 1.29 is 4.79 Å². The summed E-state index contributed by atoms with van der Waals surface area (Å²) >= 11 is 6.06. The fourth-order valence-corrected chi connectivity index (χ4v) is 4.55. The maximum Gasteiger partial charge on any atom is 0.322 e. The Bertz CT molecular complexity index is 1150. The zero-order valence-electron chi connectivity index (χ0n) is 17.3. The van der Waals surface area contributed by atoms with Crippen molar-refractivity contribution in [2.45, 2.75) is 52.1 Å². The molecule has 1 heterocycles. The number of urea groups is 1. The van der Waals surface area contributed by atoms with E-state index in [2.05, 4.69) is 16.4 Å². The Labute approximate surface area is 181 Å². The summed E-state index contributed by atoms with van der Waals surface area (Å²) in [6.07, 6.45) is 4.09. The average Bonchev–Trinajstić information content (AvgIpc) is 3.20. The number of aromatic amines is 1. The van der Waals surface area contributed by atoms with Crippen LogP contribution in [0.15, 0.2) is 47.3 Å². The van der Waals surface area contributed by atoms with Crippen molar-refractivity contribution in [3.05, 3.63) is 74.5 Å². The molecular formula is C24H26ClN3O2. The second kappa shape index (κ2) is 8.52. The maximum atomic E-state index is 13.2. The van der Waals surface area contributed by atoms with Gasteiger partial charge in [0.05, 0.1) is 6.54 Å². The van der Waals surface area contributed by atoms with Crippen LogP contribution in [-0.2, 0) is 6.54 Å². The fraction of sp³-hybridized carbons (Fsp3) is 0.333. The molecule has 3 aromatic rings. The number of hydrogen-bond donors (Lipinski definition) is 2. The first-order valence-corrected chi connectivity index (χ1v) is 10.7. The monoisotopic (exact) mass is 423 g/mol. The number of aromatic nitrogens is 1. The lowest BCUT2D eigenvalue weighted by Gasteiger charge is -2.29. The highest BCUT2D eigenvalue weighted by Gasteiger charge is 2.28. The van der Waals surface area contributed by atoms with Crippen LogP contribution in [0.5, 0.6) is 0 Å². The van der Waals surface area contributed by atoms with Crippen LogP contribution in [0.1, 0.15) is 42.4 Å². The van der Waals surface area contributed by atoms with E-state index >= 15 is 0 Å². The quantitative estimate of drug-likeness (QED) is 0.559. The van der Waals surface area contributed by atoms with Crippen molar-refractivity contribution >= 4 is 34.2 Å². The first kappa shape index (κ1) is 20.5. The number of carbonyl (C=O) groups excluding carboxylic acids is 1. The van der Waals surface area contributed by atoms with Gasteiger partial charge < -0.3 is 15.2 Å². The van der Waals surface area contributed by atoms with Gasteiger partial charge in [-0.1, -0.05) is 36.6 Å². The van der Waals surface area contributed by atoms with Gasteiger partial charge in [0.2, 0.25) is 0 Å². The Kier molecular flexibility index (Phi) is 5.82.